The summed E-state index contributed by atoms with van der Waals surface area (Å²) in [7, 11) is 0. The van der Waals surface area contributed by atoms with Crippen LogP contribution in [0, 0.1) is 10.1 Å². The molecule has 0 bridgehead atoms. The summed E-state index contributed by atoms with van der Waals surface area (Å²) < 4.78 is 0. The Balaban J connectivity index is 1.67. The Morgan fingerprint density at radius 1 is 0.833 bits per heavy atom. The van der Waals surface area contributed by atoms with Crippen LogP contribution in [0.4, 0.5) is 5.69 Å². The average molecular weight is 519 g/mol. The third-order valence-electron chi connectivity index (χ3n) is 6.01. The second kappa shape index (κ2) is 11.8. The lowest BCUT2D eigenvalue weighted by molar-refractivity contribution is -0.384. The molecule has 182 valence electrons. The fraction of sp³-hybridized carbons (Fsp3) is 0.138. The number of halogens is 2. The monoisotopic (exact) mass is 518 g/mol. The van der Waals surface area contributed by atoms with Crippen molar-refractivity contribution in [3.63, 3.8) is 0 Å². The number of carbonyl (C=O) groups is 1. The molecule has 0 radical (unpaired) electrons. The molecular weight excluding hydrogens is 495 g/mol. The molecular formula is C29H24Cl2N2O3. The van der Waals surface area contributed by atoms with Gasteiger partial charge < -0.3 is 4.90 Å². The molecule has 4 rings (SSSR count). The molecule has 0 aliphatic carbocycles. The van der Waals surface area contributed by atoms with E-state index in [4.69, 9.17) is 23.2 Å². The third-order valence-corrected chi connectivity index (χ3v) is 6.60. The normalized spacial score (nSPS) is 10.9. The van der Waals surface area contributed by atoms with Gasteiger partial charge >= 0.3 is 0 Å². The van der Waals surface area contributed by atoms with Crippen molar-refractivity contribution in [1.82, 2.24) is 4.90 Å². The van der Waals surface area contributed by atoms with Gasteiger partial charge in [-0.1, -0.05) is 102 Å². The minimum absolute atomic E-state index is 0.0102. The lowest BCUT2D eigenvalue weighted by Gasteiger charge is -2.28. The SMILES string of the molecule is O=C(C(c1ccccc1)c1ccccc1)N(CCc1ccc(Cl)cc1Cl)Cc1ccc([N+](=O)[O-])cc1. The summed E-state index contributed by atoms with van der Waals surface area (Å²) in [6, 6.07) is 31.0. The smallest absolute Gasteiger partial charge is 0.269 e. The molecule has 36 heavy (non-hydrogen) atoms. The Bertz CT molecular complexity index is 1290. The maximum Gasteiger partial charge on any atom is 0.269 e. The molecule has 0 heterocycles. The van der Waals surface area contributed by atoms with Gasteiger partial charge in [0.2, 0.25) is 5.91 Å². The van der Waals surface area contributed by atoms with Crippen LogP contribution in [-0.4, -0.2) is 22.3 Å². The van der Waals surface area contributed by atoms with Crippen LogP contribution < -0.4 is 0 Å². The van der Waals surface area contributed by atoms with Gasteiger partial charge in [-0.2, -0.15) is 0 Å². The number of non-ortho nitro benzene ring substituents is 1. The van der Waals surface area contributed by atoms with Crippen molar-refractivity contribution in [2.45, 2.75) is 18.9 Å². The molecule has 0 saturated carbocycles. The zero-order valence-electron chi connectivity index (χ0n) is 19.4. The van der Waals surface area contributed by atoms with E-state index in [1.165, 1.54) is 12.1 Å². The summed E-state index contributed by atoms with van der Waals surface area (Å²) in [5.41, 5.74) is 3.49. The van der Waals surface area contributed by atoms with E-state index in [1.54, 1.807) is 29.2 Å². The molecule has 0 aliphatic rings. The first kappa shape index (κ1) is 25.4. The van der Waals surface area contributed by atoms with Crippen LogP contribution in [-0.2, 0) is 17.8 Å². The number of amides is 1. The molecule has 0 atom stereocenters. The van der Waals surface area contributed by atoms with Crippen LogP contribution in [0.1, 0.15) is 28.2 Å². The Labute approximate surface area is 220 Å². The van der Waals surface area contributed by atoms with E-state index < -0.39 is 10.8 Å². The molecule has 4 aromatic rings. The predicted octanol–water partition coefficient (Wildman–Crippen LogP) is 7.31. The summed E-state index contributed by atoms with van der Waals surface area (Å²) in [5, 5.41) is 12.2. The third kappa shape index (κ3) is 6.30. The molecule has 0 N–H and O–H groups in total. The van der Waals surface area contributed by atoms with Crippen molar-refractivity contribution >= 4 is 34.8 Å². The van der Waals surface area contributed by atoms with Crippen LogP contribution in [0.15, 0.2) is 103 Å². The van der Waals surface area contributed by atoms with E-state index in [0.29, 0.717) is 29.6 Å². The Kier molecular flexibility index (Phi) is 8.36. The van der Waals surface area contributed by atoms with E-state index in [0.717, 1.165) is 22.3 Å². The maximum atomic E-state index is 14.1. The summed E-state index contributed by atoms with van der Waals surface area (Å²) in [6.07, 6.45) is 0.533. The average Bonchev–Trinajstić information content (AvgIpc) is 2.89. The summed E-state index contributed by atoms with van der Waals surface area (Å²) in [5.74, 6) is -0.554. The van der Waals surface area contributed by atoms with Crippen molar-refractivity contribution < 1.29 is 9.72 Å². The highest BCUT2D eigenvalue weighted by Crippen LogP contribution is 2.29. The minimum atomic E-state index is -0.494. The van der Waals surface area contributed by atoms with Crippen molar-refractivity contribution in [2.24, 2.45) is 0 Å². The molecule has 0 aromatic heterocycles. The lowest BCUT2D eigenvalue weighted by Crippen LogP contribution is -2.36. The first-order valence-electron chi connectivity index (χ1n) is 11.5. The number of nitro groups is 1. The van der Waals surface area contributed by atoms with Gasteiger partial charge in [-0.25, -0.2) is 0 Å². The Morgan fingerprint density at radius 3 is 1.94 bits per heavy atom. The first-order valence-corrected chi connectivity index (χ1v) is 12.2. The van der Waals surface area contributed by atoms with Crippen LogP contribution in [0.5, 0.6) is 0 Å². The van der Waals surface area contributed by atoms with Gasteiger partial charge in [0.1, 0.15) is 0 Å². The van der Waals surface area contributed by atoms with Gasteiger partial charge in [0.25, 0.3) is 5.69 Å². The van der Waals surface area contributed by atoms with Gasteiger partial charge in [0.05, 0.1) is 10.8 Å². The van der Waals surface area contributed by atoms with E-state index in [1.807, 2.05) is 66.7 Å². The van der Waals surface area contributed by atoms with Crippen LogP contribution in [0.25, 0.3) is 0 Å². The molecule has 0 spiro atoms. The first-order chi connectivity index (χ1) is 17.4. The molecule has 4 aromatic carbocycles. The molecule has 5 nitrogen and oxygen atoms in total. The number of hydrogen-bond donors (Lipinski definition) is 0. The number of carbonyl (C=O) groups excluding carboxylic acids is 1. The van der Waals surface area contributed by atoms with Crippen molar-refractivity contribution in [1.29, 1.82) is 0 Å². The van der Waals surface area contributed by atoms with Gasteiger partial charge in [-0.05, 0) is 40.8 Å². The highest BCUT2D eigenvalue weighted by atomic mass is 35.5. The number of hydrogen-bond acceptors (Lipinski definition) is 3. The van der Waals surface area contributed by atoms with Crippen LogP contribution >= 0.6 is 23.2 Å². The fourth-order valence-corrected chi connectivity index (χ4v) is 4.64. The van der Waals surface area contributed by atoms with Gasteiger partial charge in [0, 0.05) is 35.3 Å². The predicted molar refractivity (Wildman–Crippen MR) is 143 cm³/mol. The van der Waals surface area contributed by atoms with Crippen molar-refractivity contribution in [2.75, 3.05) is 6.54 Å². The molecule has 0 aliphatic heterocycles. The van der Waals surface area contributed by atoms with E-state index in [-0.39, 0.29) is 11.6 Å². The van der Waals surface area contributed by atoms with Gasteiger partial charge in [-0.15, -0.1) is 0 Å². The van der Waals surface area contributed by atoms with Crippen LogP contribution in [0.2, 0.25) is 10.0 Å². The van der Waals surface area contributed by atoms with Crippen molar-refractivity contribution in [3.05, 3.63) is 146 Å². The molecule has 0 fully saturated rings. The number of nitro benzene ring substituents is 1. The molecule has 0 unspecified atom stereocenters. The maximum absolute atomic E-state index is 14.1. The van der Waals surface area contributed by atoms with E-state index >= 15 is 0 Å². The van der Waals surface area contributed by atoms with Gasteiger partial charge in [0.15, 0.2) is 0 Å². The minimum Gasteiger partial charge on any atom is -0.337 e. The fourth-order valence-electron chi connectivity index (χ4n) is 4.14. The highest BCUT2D eigenvalue weighted by molar-refractivity contribution is 6.35. The topological polar surface area (TPSA) is 63.5 Å². The standard InChI is InChI=1S/C29H24Cl2N2O3/c30-25-14-13-22(27(31)19-25)17-18-32(20-21-11-15-26(16-12-21)33(35)36)29(34)28(23-7-3-1-4-8-23)24-9-5-2-6-10-24/h1-16,19,28H,17-18,20H2. The second-order valence-electron chi connectivity index (χ2n) is 8.42. The molecule has 1 amide bonds. The molecule has 7 heteroatoms. The Hall–Kier alpha value is -3.67. The zero-order valence-corrected chi connectivity index (χ0v) is 20.9. The summed E-state index contributed by atoms with van der Waals surface area (Å²) >= 11 is 12.5. The van der Waals surface area contributed by atoms with Gasteiger partial charge in [-0.3, -0.25) is 14.9 Å². The summed E-state index contributed by atoms with van der Waals surface area (Å²) in [6.45, 7) is 0.714. The van der Waals surface area contributed by atoms with Crippen molar-refractivity contribution in [3.8, 4) is 0 Å². The Morgan fingerprint density at radius 2 is 1.42 bits per heavy atom. The van der Waals surface area contributed by atoms with E-state index in [2.05, 4.69) is 0 Å². The second-order valence-corrected chi connectivity index (χ2v) is 9.27. The van der Waals surface area contributed by atoms with E-state index in [9.17, 15) is 14.9 Å². The quantitative estimate of drug-likeness (QED) is 0.172. The number of nitrogens with zero attached hydrogens (tertiary/aromatic N) is 2. The number of rotatable bonds is 9. The number of benzene rings is 4. The summed E-state index contributed by atoms with van der Waals surface area (Å²) in [4.78, 5) is 26.6. The molecule has 0 saturated heterocycles. The van der Waals surface area contributed by atoms with Crippen LogP contribution in [0.3, 0.4) is 0 Å². The largest absolute Gasteiger partial charge is 0.337 e. The zero-order chi connectivity index (χ0) is 25.5. The lowest BCUT2D eigenvalue weighted by atomic mass is 9.89. The highest BCUT2D eigenvalue weighted by Gasteiger charge is 2.28.